The molecule has 2 amide bonds. The topological polar surface area (TPSA) is 84.5 Å². The monoisotopic (exact) mass is 340 g/mol. The molecule has 2 N–H and O–H groups in total. The van der Waals surface area contributed by atoms with E-state index in [4.69, 9.17) is 4.74 Å². The Hall–Kier alpha value is -3.15. The molecule has 0 unspecified atom stereocenters. The molecular weight excluding hydrogens is 320 g/mol. The second-order valence-electron chi connectivity index (χ2n) is 5.32. The van der Waals surface area contributed by atoms with Gasteiger partial charge >= 0.3 is 0 Å². The summed E-state index contributed by atoms with van der Waals surface area (Å²) in [6, 6.07) is 13.4. The van der Waals surface area contributed by atoms with E-state index in [0.29, 0.717) is 22.6 Å². The van der Waals surface area contributed by atoms with E-state index in [1.165, 1.54) is 7.05 Å². The lowest BCUT2D eigenvalue weighted by molar-refractivity contribution is -0.116. The largest absolute Gasteiger partial charge is 0.497 e. The highest BCUT2D eigenvalue weighted by molar-refractivity contribution is 6.05. The van der Waals surface area contributed by atoms with Gasteiger partial charge in [0.15, 0.2) is 5.78 Å². The number of rotatable bonds is 7. The lowest BCUT2D eigenvalue weighted by atomic mass is 10.1. The van der Waals surface area contributed by atoms with Crippen LogP contribution in [0.2, 0.25) is 0 Å². The minimum atomic E-state index is -0.321. The van der Waals surface area contributed by atoms with E-state index in [-0.39, 0.29) is 30.4 Å². The Labute approximate surface area is 146 Å². The Kier molecular flexibility index (Phi) is 6.28. The Balaban J connectivity index is 1.94. The molecule has 0 spiro atoms. The molecule has 0 aliphatic rings. The molecule has 2 aromatic carbocycles. The first-order valence-corrected chi connectivity index (χ1v) is 7.83. The zero-order chi connectivity index (χ0) is 18.2. The number of ether oxygens (including phenoxy) is 1. The zero-order valence-electron chi connectivity index (χ0n) is 14.2. The van der Waals surface area contributed by atoms with Gasteiger partial charge < -0.3 is 15.4 Å². The minimum Gasteiger partial charge on any atom is -0.497 e. The molecule has 0 aliphatic carbocycles. The number of hydrogen-bond donors (Lipinski definition) is 2. The fraction of sp³-hybridized carbons (Fsp3) is 0.211. The number of carbonyl (C=O) groups is 3. The highest BCUT2D eigenvalue weighted by atomic mass is 16.5. The van der Waals surface area contributed by atoms with Gasteiger partial charge in [0, 0.05) is 25.5 Å². The summed E-state index contributed by atoms with van der Waals surface area (Å²) in [4.78, 5) is 36.0. The van der Waals surface area contributed by atoms with E-state index < -0.39 is 0 Å². The fourth-order valence-corrected chi connectivity index (χ4v) is 2.29. The quantitative estimate of drug-likeness (QED) is 0.759. The summed E-state index contributed by atoms with van der Waals surface area (Å²) in [5, 5.41) is 5.20. The highest BCUT2D eigenvalue weighted by Gasteiger charge is 2.13. The predicted molar refractivity (Wildman–Crippen MR) is 95.0 cm³/mol. The van der Waals surface area contributed by atoms with Crippen molar-refractivity contribution >= 4 is 23.3 Å². The molecule has 130 valence electrons. The van der Waals surface area contributed by atoms with Crippen molar-refractivity contribution in [3.8, 4) is 5.75 Å². The maximum atomic E-state index is 12.1. The number of amides is 2. The summed E-state index contributed by atoms with van der Waals surface area (Å²) in [5.41, 5.74) is 1.32. The van der Waals surface area contributed by atoms with Crippen molar-refractivity contribution in [3.05, 3.63) is 59.7 Å². The Bertz CT molecular complexity index is 769. The normalized spacial score (nSPS) is 10.0. The van der Waals surface area contributed by atoms with Crippen LogP contribution in [0.15, 0.2) is 48.5 Å². The number of Topliss-reactive ketones (excluding diaryl/α,β-unsaturated/α-hetero) is 1. The molecule has 0 aliphatic heterocycles. The molecule has 0 saturated heterocycles. The second kappa shape index (κ2) is 8.63. The van der Waals surface area contributed by atoms with Crippen LogP contribution in [-0.4, -0.2) is 31.8 Å². The summed E-state index contributed by atoms with van der Waals surface area (Å²) < 4.78 is 5.05. The Morgan fingerprint density at radius 1 is 0.960 bits per heavy atom. The Morgan fingerprint density at radius 2 is 1.64 bits per heavy atom. The number of para-hydroxylation sites is 1. The first-order valence-electron chi connectivity index (χ1n) is 7.83. The first kappa shape index (κ1) is 18.2. The number of anilines is 1. The van der Waals surface area contributed by atoms with E-state index in [2.05, 4.69) is 10.6 Å². The van der Waals surface area contributed by atoms with Crippen LogP contribution in [0.3, 0.4) is 0 Å². The number of benzene rings is 2. The summed E-state index contributed by atoms with van der Waals surface area (Å²) in [6.45, 7) is 0. The second-order valence-corrected chi connectivity index (χ2v) is 5.32. The predicted octanol–water partition coefficient (Wildman–Crippen LogP) is 2.66. The summed E-state index contributed by atoms with van der Waals surface area (Å²) in [6.07, 6.45) is 0.118. The Morgan fingerprint density at radius 3 is 2.28 bits per heavy atom. The molecule has 6 nitrogen and oxygen atoms in total. The van der Waals surface area contributed by atoms with E-state index in [9.17, 15) is 14.4 Å². The van der Waals surface area contributed by atoms with Crippen LogP contribution in [0, 0.1) is 0 Å². The van der Waals surface area contributed by atoms with Crippen molar-refractivity contribution in [3.63, 3.8) is 0 Å². The third-order valence-corrected chi connectivity index (χ3v) is 3.66. The van der Waals surface area contributed by atoms with E-state index in [0.717, 1.165) is 0 Å². The van der Waals surface area contributed by atoms with Gasteiger partial charge in [-0.25, -0.2) is 0 Å². The van der Waals surface area contributed by atoms with Crippen LogP contribution in [0.25, 0.3) is 0 Å². The van der Waals surface area contributed by atoms with Crippen molar-refractivity contribution in [1.29, 1.82) is 0 Å². The first-order chi connectivity index (χ1) is 12.0. The summed E-state index contributed by atoms with van der Waals surface area (Å²) in [5.74, 6) is -0.0686. The van der Waals surface area contributed by atoms with Crippen LogP contribution in [-0.2, 0) is 4.79 Å². The van der Waals surface area contributed by atoms with Gasteiger partial charge in [-0.2, -0.15) is 0 Å². The van der Waals surface area contributed by atoms with Crippen LogP contribution in [0.5, 0.6) is 5.75 Å². The van der Waals surface area contributed by atoms with Gasteiger partial charge in [0.1, 0.15) is 5.75 Å². The maximum absolute atomic E-state index is 12.1. The van der Waals surface area contributed by atoms with Gasteiger partial charge in [0.2, 0.25) is 5.91 Å². The smallest absolute Gasteiger partial charge is 0.253 e. The van der Waals surface area contributed by atoms with Crippen molar-refractivity contribution < 1.29 is 19.1 Å². The molecule has 2 aromatic rings. The molecule has 0 heterocycles. The molecule has 0 aromatic heterocycles. The fourth-order valence-electron chi connectivity index (χ4n) is 2.29. The van der Waals surface area contributed by atoms with Crippen molar-refractivity contribution in [1.82, 2.24) is 5.32 Å². The average Bonchev–Trinajstić information content (AvgIpc) is 2.66. The molecular formula is C19H20N2O4. The average molecular weight is 340 g/mol. The van der Waals surface area contributed by atoms with Crippen molar-refractivity contribution in [2.45, 2.75) is 12.8 Å². The number of methoxy groups -OCH3 is 1. The minimum absolute atomic E-state index is 0.0347. The van der Waals surface area contributed by atoms with Gasteiger partial charge in [-0.15, -0.1) is 0 Å². The van der Waals surface area contributed by atoms with Gasteiger partial charge in [0.05, 0.1) is 18.4 Å². The number of ketones is 1. The van der Waals surface area contributed by atoms with Crippen LogP contribution < -0.4 is 15.4 Å². The van der Waals surface area contributed by atoms with E-state index in [1.807, 2.05) is 0 Å². The SMILES string of the molecule is CNC(=O)c1ccccc1NC(=O)CCC(=O)c1ccc(OC)cc1. The van der Waals surface area contributed by atoms with Crippen molar-refractivity contribution in [2.75, 3.05) is 19.5 Å². The summed E-state index contributed by atoms with van der Waals surface area (Å²) in [7, 11) is 3.08. The van der Waals surface area contributed by atoms with Crippen molar-refractivity contribution in [2.24, 2.45) is 0 Å². The molecule has 0 atom stereocenters. The van der Waals surface area contributed by atoms with Gasteiger partial charge in [-0.1, -0.05) is 12.1 Å². The van der Waals surface area contributed by atoms with Crippen LogP contribution in [0.4, 0.5) is 5.69 Å². The number of hydrogen-bond acceptors (Lipinski definition) is 4. The molecule has 0 bridgehead atoms. The maximum Gasteiger partial charge on any atom is 0.253 e. The molecule has 0 fully saturated rings. The highest BCUT2D eigenvalue weighted by Crippen LogP contribution is 2.16. The zero-order valence-corrected chi connectivity index (χ0v) is 14.2. The third kappa shape index (κ3) is 4.91. The van der Waals surface area contributed by atoms with E-state index in [1.54, 1.807) is 55.6 Å². The molecule has 0 radical (unpaired) electrons. The lowest BCUT2D eigenvalue weighted by Gasteiger charge is -2.10. The van der Waals surface area contributed by atoms with Gasteiger partial charge in [0.25, 0.3) is 5.91 Å². The van der Waals surface area contributed by atoms with Gasteiger partial charge in [-0.3, -0.25) is 14.4 Å². The number of carbonyl (C=O) groups excluding carboxylic acids is 3. The van der Waals surface area contributed by atoms with Crippen LogP contribution in [0.1, 0.15) is 33.6 Å². The van der Waals surface area contributed by atoms with Crippen LogP contribution >= 0.6 is 0 Å². The lowest BCUT2D eigenvalue weighted by Crippen LogP contribution is -2.21. The molecule has 2 rings (SSSR count). The summed E-state index contributed by atoms with van der Waals surface area (Å²) >= 11 is 0. The number of nitrogens with one attached hydrogen (secondary N) is 2. The molecule has 6 heteroatoms. The third-order valence-electron chi connectivity index (χ3n) is 3.66. The van der Waals surface area contributed by atoms with E-state index >= 15 is 0 Å². The molecule has 0 saturated carbocycles. The molecule has 25 heavy (non-hydrogen) atoms. The standard InChI is InChI=1S/C19H20N2O4/c1-20-19(24)15-5-3-4-6-16(15)21-18(23)12-11-17(22)13-7-9-14(25-2)10-8-13/h3-10H,11-12H2,1-2H3,(H,20,24)(H,21,23). The van der Waals surface area contributed by atoms with Gasteiger partial charge in [-0.05, 0) is 36.4 Å².